The molecule has 1 saturated heterocycles. The first-order valence-corrected chi connectivity index (χ1v) is 9.04. The van der Waals surface area contributed by atoms with E-state index in [1.165, 1.54) is 11.1 Å². The summed E-state index contributed by atoms with van der Waals surface area (Å²) in [5, 5.41) is 6.16. The lowest BCUT2D eigenvalue weighted by molar-refractivity contribution is 0.0416. The van der Waals surface area contributed by atoms with E-state index in [4.69, 9.17) is 4.74 Å². The monoisotopic (exact) mass is 331 g/mol. The molecule has 2 amide bonds. The molecule has 0 aromatic heterocycles. The van der Waals surface area contributed by atoms with Crippen LogP contribution in [0, 0.1) is 5.92 Å². The molecule has 1 aromatic rings. The van der Waals surface area contributed by atoms with Crippen LogP contribution in [0.5, 0.6) is 0 Å². The average Bonchev–Trinajstić information content (AvgIpc) is 2.91. The zero-order chi connectivity index (χ0) is 16.9. The molecular formula is C19H29N3O2. The fourth-order valence-corrected chi connectivity index (χ4v) is 3.90. The zero-order valence-corrected chi connectivity index (χ0v) is 14.8. The fraction of sp³-hybridized carbons (Fsp3) is 0.632. The molecule has 2 N–H and O–H groups in total. The van der Waals surface area contributed by atoms with Crippen LogP contribution in [0.1, 0.15) is 36.9 Å². The van der Waals surface area contributed by atoms with E-state index in [0.29, 0.717) is 18.6 Å². The molecule has 1 aliphatic heterocycles. The third kappa shape index (κ3) is 4.08. The minimum absolute atomic E-state index is 0.0599. The summed E-state index contributed by atoms with van der Waals surface area (Å²) in [5.41, 5.74) is 2.62. The number of urea groups is 1. The van der Waals surface area contributed by atoms with Crippen LogP contribution in [0.15, 0.2) is 24.3 Å². The number of ether oxygens (including phenoxy) is 1. The second kappa shape index (κ2) is 7.99. The predicted octanol–water partition coefficient (Wildman–Crippen LogP) is 2.33. The van der Waals surface area contributed by atoms with Gasteiger partial charge in [-0.05, 0) is 36.3 Å². The first kappa shape index (κ1) is 17.2. The molecule has 1 fully saturated rings. The number of nitrogens with one attached hydrogen (secondary N) is 2. The third-order valence-electron chi connectivity index (χ3n) is 5.37. The van der Waals surface area contributed by atoms with Gasteiger partial charge in [0.15, 0.2) is 0 Å². The summed E-state index contributed by atoms with van der Waals surface area (Å²) in [7, 11) is 1.79. The molecule has 5 heteroatoms. The van der Waals surface area contributed by atoms with Crippen LogP contribution in [0.2, 0.25) is 0 Å². The maximum Gasteiger partial charge on any atom is 0.315 e. The molecule has 0 saturated carbocycles. The molecular weight excluding hydrogens is 302 g/mol. The van der Waals surface area contributed by atoms with Crippen molar-refractivity contribution in [3.63, 3.8) is 0 Å². The van der Waals surface area contributed by atoms with Gasteiger partial charge in [-0.1, -0.05) is 31.2 Å². The molecule has 24 heavy (non-hydrogen) atoms. The molecule has 3 rings (SSSR count). The maximum absolute atomic E-state index is 12.2. The van der Waals surface area contributed by atoms with Gasteiger partial charge >= 0.3 is 6.03 Å². The number of methoxy groups -OCH3 is 1. The van der Waals surface area contributed by atoms with E-state index in [1.54, 1.807) is 7.11 Å². The lowest BCUT2D eigenvalue weighted by Gasteiger charge is -2.31. The highest BCUT2D eigenvalue weighted by Gasteiger charge is 2.30. The van der Waals surface area contributed by atoms with Gasteiger partial charge in [0.2, 0.25) is 0 Å². The summed E-state index contributed by atoms with van der Waals surface area (Å²) in [6.07, 6.45) is 3.61. The summed E-state index contributed by atoms with van der Waals surface area (Å²) in [6.45, 7) is 5.89. The van der Waals surface area contributed by atoms with E-state index < -0.39 is 0 Å². The Balaban J connectivity index is 1.40. The first-order valence-electron chi connectivity index (χ1n) is 9.04. The number of carbonyl (C=O) groups excluding carboxylic acids is 1. The molecule has 1 aromatic carbocycles. The van der Waals surface area contributed by atoms with E-state index in [-0.39, 0.29) is 12.1 Å². The zero-order valence-electron chi connectivity index (χ0n) is 14.8. The van der Waals surface area contributed by atoms with Gasteiger partial charge < -0.3 is 20.3 Å². The highest BCUT2D eigenvalue weighted by Crippen LogP contribution is 2.35. The van der Waals surface area contributed by atoms with Gasteiger partial charge in [-0.15, -0.1) is 0 Å². The quantitative estimate of drug-likeness (QED) is 0.871. The normalized spacial score (nSPS) is 24.6. The Morgan fingerprint density at radius 3 is 2.79 bits per heavy atom. The van der Waals surface area contributed by atoms with Crippen LogP contribution < -0.4 is 10.6 Å². The Labute approximate surface area is 144 Å². The van der Waals surface area contributed by atoms with Crippen molar-refractivity contribution >= 4 is 6.03 Å². The molecule has 1 aliphatic carbocycles. The van der Waals surface area contributed by atoms with Gasteiger partial charge in [0.1, 0.15) is 0 Å². The number of rotatable bonds is 5. The van der Waals surface area contributed by atoms with Crippen LogP contribution in [0.4, 0.5) is 4.79 Å². The van der Waals surface area contributed by atoms with Gasteiger partial charge in [-0.2, -0.15) is 0 Å². The SMILES string of the molecule is COC1CCN(CCNC(=O)N[C@@H]2c3ccccc3C[C@@H]2C)CC1. The van der Waals surface area contributed by atoms with Gasteiger partial charge in [-0.25, -0.2) is 4.79 Å². The number of likely N-dealkylation sites (tertiary alicyclic amines) is 1. The van der Waals surface area contributed by atoms with Gasteiger partial charge in [0.05, 0.1) is 12.1 Å². The summed E-state index contributed by atoms with van der Waals surface area (Å²) in [6, 6.07) is 8.47. The molecule has 0 unspecified atom stereocenters. The van der Waals surface area contributed by atoms with Crippen molar-refractivity contribution in [3.8, 4) is 0 Å². The first-order chi connectivity index (χ1) is 11.7. The van der Waals surface area contributed by atoms with Crippen LogP contribution >= 0.6 is 0 Å². The smallest absolute Gasteiger partial charge is 0.315 e. The molecule has 0 bridgehead atoms. The topological polar surface area (TPSA) is 53.6 Å². The number of hydrogen-bond donors (Lipinski definition) is 2. The molecule has 2 atom stereocenters. The third-order valence-corrected chi connectivity index (χ3v) is 5.37. The number of fused-ring (bicyclic) bond motifs is 1. The fourth-order valence-electron chi connectivity index (χ4n) is 3.90. The summed E-state index contributed by atoms with van der Waals surface area (Å²) in [4.78, 5) is 14.6. The molecule has 5 nitrogen and oxygen atoms in total. The van der Waals surface area contributed by atoms with Crippen molar-refractivity contribution in [2.75, 3.05) is 33.3 Å². The minimum atomic E-state index is -0.0599. The van der Waals surface area contributed by atoms with Crippen molar-refractivity contribution in [2.45, 2.75) is 38.3 Å². The van der Waals surface area contributed by atoms with Crippen molar-refractivity contribution in [3.05, 3.63) is 35.4 Å². The van der Waals surface area contributed by atoms with E-state index in [1.807, 2.05) is 6.07 Å². The Kier molecular flexibility index (Phi) is 5.74. The summed E-state index contributed by atoms with van der Waals surface area (Å²) < 4.78 is 5.39. The summed E-state index contributed by atoms with van der Waals surface area (Å²) >= 11 is 0. The number of nitrogens with zero attached hydrogens (tertiary/aromatic N) is 1. The van der Waals surface area contributed by atoms with Crippen molar-refractivity contribution in [1.29, 1.82) is 0 Å². The van der Waals surface area contributed by atoms with E-state index >= 15 is 0 Å². The standard InChI is InChI=1S/C19H29N3O2/c1-14-13-15-5-3-4-6-17(15)18(14)21-19(23)20-9-12-22-10-7-16(24-2)8-11-22/h3-6,14,16,18H,7-13H2,1-2H3,(H2,20,21,23)/t14-,18-/m0/s1. The molecule has 0 radical (unpaired) electrons. The van der Waals surface area contributed by atoms with Crippen molar-refractivity contribution < 1.29 is 9.53 Å². The largest absolute Gasteiger partial charge is 0.381 e. The predicted molar refractivity (Wildman–Crippen MR) is 95.1 cm³/mol. The Morgan fingerprint density at radius 2 is 2.04 bits per heavy atom. The van der Waals surface area contributed by atoms with Crippen LogP contribution in [0.3, 0.4) is 0 Å². The Bertz CT molecular complexity index is 555. The second-order valence-electron chi connectivity index (χ2n) is 7.03. The second-order valence-corrected chi connectivity index (χ2v) is 7.03. The van der Waals surface area contributed by atoms with Crippen molar-refractivity contribution in [1.82, 2.24) is 15.5 Å². The van der Waals surface area contributed by atoms with E-state index in [2.05, 4.69) is 40.7 Å². The minimum Gasteiger partial charge on any atom is -0.381 e. The number of hydrogen-bond acceptors (Lipinski definition) is 3. The number of carbonyl (C=O) groups is 1. The Morgan fingerprint density at radius 1 is 1.29 bits per heavy atom. The van der Waals surface area contributed by atoms with Crippen LogP contribution in [-0.4, -0.2) is 50.3 Å². The maximum atomic E-state index is 12.2. The molecule has 0 spiro atoms. The van der Waals surface area contributed by atoms with E-state index in [0.717, 1.165) is 38.9 Å². The highest BCUT2D eigenvalue weighted by atomic mass is 16.5. The molecule has 132 valence electrons. The van der Waals surface area contributed by atoms with Gasteiger partial charge in [-0.3, -0.25) is 0 Å². The van der Waals surface area contributed by atoms with E-state index in [9.17, 15) is 4.79 Å². The van der Waals surface area contributed by atoms with Gasteiger partial charge in [0, 0.05) is 33.3 Å². The van der Waals surface area contributed by atoms with Crippen LogP contribution in [0.25, 0.3) is 0 Å². The lowest BCUT2D eigenvalue weighted by Crippen LogP contribution is -2.44. The lowest BCUT2D eigenvalue weighted by atomic mass is 10.0. The average molecular weight is 331 g/mol. The van der Waals surface area contributed by atoms with Crippen molar-refractivity contribution in [2.24, 2.45) is 5.92 Å². The van der Waals surface area contributed by atoms with Crippen LogP contribution in [-0.2, 0) is 11.2 Å². The molecule has 1 heterocycles. The summed E-state index contributed by atoms with van der Waals surface area (Å²) in [5.74, 6) is 0.446. The molecule has 2 aliphatic rings. The number of amides is 2. The number of piperidine rings is 1. The highest BCUT2D eigenvalue weighted by molar-refractivity contribution is 5.74. The Hall–Kier alpha value is -1.59. The number of benzene rings is 1. The van der Waals surface area contributed by atoms with Gasteiger partial charge in [0.25, 0.3) is 0 Å².